The van der Waals surface area contributed by atoms with E-state index >= 15 is 0 Å². The van der Waals surface area contributed by atoms with E-state index < -0.39 is 15.9 Å². The average Bonchev–Trinajstić information content (AvgIpc) is 2.63. The van der Waals surface area contributed by atoms with Crippen LogP contribution in [0.2, 0.25) is 0 Å². The van der Waals surface area contributed by atoms with Gasteiger partial charge in [-0.25, -0.2) is 8.42 Å². The first kappa shape index (κ1) is 21.5. The van der Waals surface area contributed by atoms with Gasteiger partial charge in [0, 0.05) is 5.56 Å². The molecule has 0 atom stereocenters. The van der Waals surface area contributed by atoms with Gasteiger partial charge in [0.15, 0.2) is 11.5 Å². The normalized spacial score (nSPS) is 11.1. The first-order valence-corrected chi connectivity index (χ1v) is 9.83. The van der Waals surface area contributed by atoms with E-state index in [2.05, 4.69) is 10.3 Å². The van der Waals surface area contributed by atoms with E-state index in [9.17, 15) is 13.2 Å². The molecule has 0 heterocycles. The fraction of sp³-hybridized carbons (Fsp3) is 0.316. The number of ether oxygens (including phenoxy) is 3. The zero-order valence-corrected chi connectivity index (χ0v) is 17.5. The monoisotopic (exact) mass is 408 g/mol. The standard InChI is InChI=1S/C19H24N2O6S/c1-11-7-12(2)18(13(3)8-11)28(23,24)21-20-19(22)14-9-15(25-4)17(27-6)16(10-14)26-5/h7-10,21H,1-6H3,(H,20,22). The van der Waals surface area contributed by atoms with Gasteiger partial charge in [0.25, 0.3) is 15.9 Å². The smallest absolute Gasteiger partial charge is 0.266 e. The summed E-state index contributed by atoms with van der Waals surface area (Å²) in [7, 11) is 0.333. The highest BCUT2D eigenvalue weighted by Crippen LogP contribution is 2.38. The Bertz CT molecular complexity index is 953. The lowest BCUT2D eigenvalue weighted by Gasteiger charge is -2.15. The van der Waals surface area contributed by atoms with Crippen LogP contribution in [0.4, 0.5) is 0 Å². The van der Waals surface area contributed by atoms with Crippen LogP contribution in [-0.2, 0) is 10.0 Å². The maximum absolute atomic E-state index is 12.7. The number of methoxy groups -OCH3 is 3. The summed E-state index contributed by atoms with van der Waals surface area (Å²) >= 11 is 0. The van der Waals surface area contributed by atoms with Gasteiger partial charge in [0.2, 0.25) is 5.75 Å². The number of hydrogen-bond donors (Lipinski definition) is 2. The topological polar surface area (TPSA) is 103 Å². The summed E-state index contributed by atoms with van der Waals surface area (Å²) in [5, 5.41) is 0. The van der Waals surface area contributed by atoms with E-state index in [1.54, 1.807) is 26.0 Å². The van der Waals surface area contributed by atoms with Gasteiger partial charge < -0.3 is 14.2 Å². The largest absolute Gasteiger partial charge is 0.493 e. The Balaban J connectivity index is 2.29. The third kappa shape index (κ3) is 4.37. The molecule has 0 saturated carbocycles. The van der Waals surface area contributed by atoms with Gasteiger partial charge in [-0.1, -0.05) is 17.7 Å². The Morgan fingerprint density at radius 2 is 1.36 bits per heavy atom. The summed E-state index contributed by atoms with van der Waals surface area (Å²) < 4.78 is 41.0. The van der Waals surface area contributed by atoms with Crippen molar-refractivity contribution in [1.82, 2.24) is 10.3 Å². The van der Waals surface area contributed by atoms with Crippen LogP contribution in [0.1, 0.15) is 27.0 Å². The summed E-state index contributed by atoms with van der Waals surface area (Å²) in [6.07, 6.45) is 0. The molecule has 2 rings (SSSR count). The molecule has 8 nitrogen and oxygen atoms in total. The summed E-state index contributed by atoms with van der Waals surface area (Å²) in [4.78, 5) is 14.8. The van der Waals surface area contributed by atoms with Gasteiger partial charge in [-0.15, -0.1) is 4.83 Å². The lowest BCUT2D eigenvalue weighted by atomic mass is 10.1. The fourth-order valence-electron chi connectivity index (χ4n) is 3.04. The molecule has 1 amide bonds. The third-order valence-electron chi connectivity index (χ3n) is 4.10. The lowest BCUT2D eigenvalue weighted by Crippen LogP contribution is -2.42. The number of hydrogen-bond acceptors (Lipinski definition) is 6. The SMILES string of the molecule is COc1cc(C(=O)NNS(=O)(=O)c2c(C)cc(C)cc2C)cc(OC)c1OC. The minimum Gasteiger partial charge on any atom is -0.493 e. The molecule has 0 aliphatic carbocycles. The zero-order valence-electron chi connectivity index (χ0n) is 16.7. The van der Waals surface area contributed by atoms with Gasteiger partial charge >= 0.3 is 0 Å². The van der Waals surface area contributed by atoms with E-state index in [1.165, 1.54) is 33.5 Å². The zero-order chi connectivity index (χ0) is 21.1. The van der Waals surface area contributed by atoms with Gasteiger partial charge in [-0.3, -0.25) is 10.2 Å². The molecule has 0 aliphatic heterocycles. The van der Waals surface area contributed by atoms with Crippen molar-refractivity contribution >= 4 is 15.9 Å². The highest BCUT2D eigenvalue weighted by atomic mass is 32.2. The van der Waals surface area contributed by atoms with Crippen LogP contribution in [0, 0.1) is 20.8 Å². The second-order valence-electron chi connectivity index (χ2n) is 6.20. The van der Waals surface area contributed by atoms with Crippen molar-refractivity contribution in [2.24, 2.45) is 0 Å². The molecule has 0 fully saturated rings. The average molecular weight is 408 g/mol. The molecule has 0 saturated heterocycles. The molecule has 0 radical (unpaired) electrons. The third-order valence-corrected chi connectivity index (χ3v) is 5.65. The van der Waals surface area contributed by atoms with Gasteiger partial charge in [-0.05, 0) is 44.0 Å². The molecule has 0 aromatic heterocycles. The van der Waals surface area contributed by atoms with Crippen LogP contribution < -0.4 is 24.5 Å². The van der Waals surface area contributed by atoms with Crippen LogP contribution in [-0.4, -0.2) is 35.7 Å². The molecule has 2 aromatic carbocycles. The highest BCUT2D eigenvalue weighted by Gasteiger charge is 2.22. The molecule has 2 N–H and O–H groups in total. The molecular weight excluding hydrogens is 384 g/mol. The number of carbonyl (C=O) groups excluding carboxylic acids is 1. The second-order valence-corrected chi connectivity index (χ2v) is 7.82. The number of amides is 1. The minimum absolute atomic E-state index is 0.128. The fourth-order valence-corrected chi connectivity index (χ4v) is 4.33. The van der Waals surface area contributed by atoms with E-state index in [1.807, 2.05) is 6.92 Å². The number of aryl methyl sites for hydroxylation is 3. The van der Waals surface area contributed by atoms with Crippen molar-refractivity contribution in [1.29, 1.82) is 0 Å². The van der Waals surface area contributed by atoms with Crippen LogP contribution >= 0.6 is 0 Å². The van der Waals surface area contributed by atoms with E-state index in [0.717, 1.165) is 5.56 Å². The first-order valence-electron chi connectivity index (χ1n) is 8.34. The van der Waals surface area contributed by atoms with Crippen molar-refractivity contribution in [3.05, 3.63) is 46.5 Å². The number of benzene rings is 2. The summed E-state index contributed by atoms with van der Waals surface area (Å²) in [6, 6.07) is 6.38. The Hall–Kier alpha value is -2.78. The maximum Gasteiger partial charge on any atom is 0.266 e. The van der Waals surface area contributed by atoms with Gasteiger partial charge in [0.1, 0.15) is 0 Å². The predicted octanol–water partition coefficient (Wildman–Crippen LogP) is 2.26. The molecule has 28 heavy (non-hydrogen) atoms. The summed E-state index contributed by atoms with van der Waals surface area (Å²) in [6.45, 7) is 5.29. The van der Waals surface area contributed by atoms with Crippen molar-refractivity contribution in [2.75, 3.05) is 21.3 Å². The quantitative estimate of drug-likeness (QED) is 0.681. The minimum atomic E-state index is -3.95. The van der Waals surface area contributed by atoms with Crippen LogP contribution in [0.15, 0.2) is 29.2 Å². The van der Waals surface area contributed by atoms with Crippen molar-refractivity contribution < 1.29 is 27.4 Å². The number of sulfonamides is 1. The Morgan fingerprint density at radius 1 is 0.857 bits per heavy atom. The molecule has 2 aromatic rings. The van der Waals surface area contributed by atoms with E-state index in [0.29, 0.717) is 16.9 Å². The van der Waals surface area contributed by atoms with Crippen molar-refractivity contribution in [3.8, 4) is 17.2 Å². The van der Waals surface area contributed by atoms with Crippen LogP contribution in [0.5, 0.6) is 17.2 Å². The van der Waals surface area contributed by atoms with Crippen LogP contribution in [0.25, 0.3) is 0 Å². The van der Waals surface area contributed by atoms with Gasteiger partial charge in [0.05, 0.1) is 26.2 Å². The highest BCUT2D eigenvalue weighted by molar-refractivity contribution is 7.89. The first-order chi connectivity index (χ1) is 13.1. The second kappa shape index (κ2) is 8.49. The molecule has 152 valence electrons. The lowest BCUT2D eigenvalue weighted by molar-refractivity contribution is 0.0944. The predicted molar refractivity (Wildman–Crippen MR) is 105 cm³/mol. The maximum atomic E-state index is 12.7. The molecule has 0 bridgehead atoms. The Kier molecular flexibility index (Phi) is 6.52. The number of rotatable bonds is 7. The number of hydrazine groups is 1. The number of carbonyl (C=O) groups is 1. The summed E-state index contributed by atoms with van der Waals surface area (Å²) in [5.41, 5.74) is 4.49. The molecule has 0 unspecified atom stereocenters. The Morgan fingerprint density at radius 3 is 1.79 bits per heavy atom. The molecule has 9 heteroatoms. The van der Waals surface area contributed by atoms with Crippen LogP contribution in [0.3, 0.4) is 0 Å². The van der Waals surface area contributed by atoms with Gasteiger partial charge in [-0.2, -0.15) is 0 Å². The van der Waals surface area contributed by atoms with Crippen molar-refractivity contribution in [3.63, 3.8) is 0 Å². The summed E-state index contributed by atoms with van der Waals surface area (Å²) in [5.74, 6) is 0.207. The van der Waals surface area contributed by atoms with Crippen molar-refractivity contribution in [2.45, 2.75) is 25.7 Å². The van der Waals surface area contributed by atoms with E-state index in [-0.39, 0.29) is 22.0 Å². The molecule has 0 spiro atoms. The Labute approximate surface area is 164 Å². The van der Waals surface area contributed by atoms with E-state index in [4.69, 9.17) is 14.2 Å². The molecular formula is C19H24N2O6S. The molecule has 0 aliphatic rings. The number of nitrogens with one attached hydrogen (secondary N) is 2.